The third-order valence-electron chi connectivity index (χ3n) is 5.02. The summed E-state index contributed by atoms with van der Waals surface area (Å²) in [4.78, 5) is 6.31. The summed E-state index contributed by atoms with van der Waals surface area (Å²) in [5.41, 5.74) is 7.92. The summed E-state index contributed by atoms with van der Waals surface area (Å²) in [6.07, 6.45) is -0.826. The summed E-state index contributed by atoms with van der Waals surface area (Å²) in [7, 11) is 0. The van der Waals surface area contributed by atoms with Gasteiger partial charge in [-0.05, 0) is 24.1 Å². The summed E-state index contributed by atoms with van der Waals surface area (Å²) < 4.78 is 43.2. The van der Waals surface area contributed by atoms with E-state index in [1.54, 1.807) is 22.8 Å². The SMILES string of the molecule is N#Cc1cccc(Cn2c(N3CC[C@@H](F)[C@H](N)C3)nc3cc(F)c(F)cc32)c1. The highest BCUT2D eigenvalue weighted by molar-refractivity contribution is 5.79. The highest BCUT2D eigenvalue weighted by atomic mass is 19.2. The van der Waals surface area contributed by atoms with E-state index in [2.05, 4.69) is 11.1 Å². The van der Waals surface area contributed by atoms with Crippen molar-refractivity contribution in [1.29, 1.82) is 5.26 Å². The number of alkyl halides is 1. The number of benzene rings is 2. The second kappa shape index (κ2) is 7.17. The summed E-state index contributed by atoms with van der Waals surface area (Å²) in [5.74, 6) is -1.47. The molecular formula is C20H18F3N5. The van der Waals surface area contributed by atoms with E-state index in [1.807, 2.05) is 11.0 Å². The Morgan fingerprint density at radius 1 is 1.21 bits per heavy atom. The lowest BCUT2D eigenvalue weighted by Gasteiger charge is -2.34. The van der Waals surface area contributed by atoms with Crippen LogP contribution in [-0.4, -0.2) is 34.9 Å². The van der Waals surface area contributed by atoms with Crippen molar-refractivity contribution in [2.24, 2.45) is 5.73 Å². The molecule has 1 aliphatic rings. The van der Waals surface area contributed by atoms with Gasteiger partial charge in [-0.25, -0.2) is 18.2 Å². The quantitative estimate of drug-likeness (QED) is 0.752. The number of anilines is 1. The third kappa shape index (κ3) is 3.29. The molecule has 0 radical (unpaired) electrons. The number of piperidine rings is 1. The minimum Gasteiger partial charge on any atom is -0.340 e. The fraction of sp³-hybridized carbons (Fsp3) is 0.300. The predicted octanol–water partition coefficient (Wildman–Crippen LogP) is 3.11. The van der Waals surface area contributed by atoms with Crippen LogP contribution >= 0.6 is 0 Å². The zero-order valence-corrected chi connectivity index (χ0v) is 14.9. The van der Waals surface area contributed by atoms with Gasteiger partial charge in [0.15, 0.2) is 11.6 Å². The van der Waals surface area contributed by atoms with E-state index in [4.69, 9.17) is 11.0 Å². The maximum atomic E-state index is 13.9. The minimum atomic E-state index is -1.09. The molecule has 0 aliphatic carbocycles. The molecule has 144 valence electrons. The van der Waals surface area contributed by atoms with Crippen LogP contribution in [0.2, 0.25) is 0 Å². The highest BCUT2D eigenvalue weighted by Crippen LogP contribution is 2.28. The number of fused-ring (bicyclic) bond motifs is 1. The Morgan fingerprint density at radius 2 is 2.00 bits per heavy atom. The highest BCUT2D eigenvalue weighted by Gasteiger charge is 2.29. The summed E-state index contributed by atoms with van der Waals surface area (Å²) >= 11 is 0. The second-order valence-electron chi connectivity index (χ2n) is 6.98. The fourth-order valence-corrected chi connectivity index (χ4v) is 3.56. The molecule has 0 unspecified atom stereocenters. The van der Waals surface area contributed by atoms with Crippen molar-refractivity contribution in [3.8, 4) is 6.07 Å². The van der Waals surface area contributed by atoms with E-state index in [-0.39, 0.29) is 13.0 Å². The molecule has 0 spiro atoms. The number of nitrogens with two attached hydrogens (primary N) is 1. The number of hydrogen-bond donors (Lipinski definition) is 1. The Kier molecular flexibility index (Phi) is 4.69. The standard InChI is InChI=1S/C20H18F3N5/c21-14-4-5-27(11-17(14)25)20-26-18-7-15(22)16(23)8-19(18)28(20)10-13-3-1-2-12(6-13)9-24/h1-3,6-8,14,17H,4-5,10-11,25H2/t14-,17-/m1/s1. The van der Waals surface area contributed by atoms with Gasteiger partial charge in [-0.1, -0.05) is 12.1 Å². The number of imidazole rings is 1. The topological polar surface area (TPSA) is 70.9 Å². The van der Waals surface area contributed by atoms with Crippen LogP contribution in [-0.2, 0) is 6.54 Å². The van der Waals surface area contributed by atoms with Gasteiger partial charge in [0, 0.05) is 25.2 Å². The van der Waals surface area contributed by atoms with E-state index < -0.39 is 23.8 Å². The van der Waals surface area contributed by atoms with Crippen LogP contribution in [0.1, 0.15) is 17.5 Å². The van der Waals surface area contributed by atoms with E-state index in [9.17, 15) is 13.2 Å². The average molecular weight is 385 g/mol. The summed E-state index contributed by atoms with van der Waals surface area (Å²) in [6, 6.07) is 10.6. The molecule has 3 aromatic rings. The molecular weight excluding hydrogens is 367 g/mol. The van der Waals surface area contributed by atoms with Gasteiger partial charge in [0.1, 0.15) is 6.17 Å². The normalized spacial score (nSPS) is 19.8. The smallest absolute Gasteiger partial charge is 0.206 e. The van der Waals surface area contributed by atoms with Gasteiger partial charge >= 0.3 is 0 Å². The van der Waals surface area contributed by atoms with E-state index in [0.717, 1.165) is 17.7 Å². The monoisotopic (exact) mass is 385 g/mol. The predicted molar refractivity (Wildman–Crippen MR) is 99.6 cm³/mol. The van der Waals surface area contributed by atoms with Crippen molar-refractivity contribution in [3.63, 3.8) is 0 Å². The fourth-order valence-electron chi connectivity index (χ4n) is 3.56. The molecule has 1 fully saturated rings. The number of halogens is 3. The number of aromatic nitrogens is 2. The Bertz CT molecular complexity index is 1070. The first-order chi connectivity index (χ1) is 13.5. The Hall–Kier alpha value is -3.05. The molecule has 2 heterocycles. The van der Waals surface area contributed by atoms with Crippen molar-refractivity contribution in [3.05, 3.63) is 59.2 Å². The van der Waals surface area contributed by atoms with E-state index >= 15 is 0 Å². The van der Waals surface area contributed by atoms with Crippen molar-refractivity contribution in [2.75, 3.05) is 18.0 Å². The third-order valence-corrected chi connectivity index (χ3v) is 5.02. The molecule has 28 heavy (non-hydrogen) atoms. The van der Waals surface area contributed by atoms with Crippen LogP contribution in [0.5, 0.6) is 0 Å². The molecule has 5 nitrogen and oxygen atoms in total. The Labute approximate surface area is 159 Å². The van der Waals surface area contributed by atoms with Gasteiger partial charge in [0.2, 0.25) is 5.95 Å². The van der Waals surface area contributed by atoms with E-state index in [0.29, 0.717) is 35.6 Å². The lowest BCUT2D eigenvalue weighted by molar-refractivity contribution is 0.243. The summed E-state index contributed by atoms with van der Waals surface area (Å²) in [5, 5.41) is 9.12. The van der Waals surface area contributed by atoms with Gasteiger partial charge in [-0.3, -0.25) is 0 Å². The lowest BCUT2D eigenvalue weighted by atomic mass is 10.1. The van der Waals surface area contributed by atoms with Crippen molar-refractivity contribution >= 4 is 17.0 Å². The first kappa shape index (κ1) is 18.3. The van der Waals surface area contributed by atoms with Crippen molar-refractivity contribution < 1.29 is 13.2 Å². The molecule has 2 N–H and O–H groups in total. The van der Waals surface area contributed by atoms with E-state index in [1.165, 1.54) is 0 Å². The molecule has 0 saturated carbocycles. The first-order valence-corrected chi connectivity index (χ1v) is 8.95. The molecule has 1 saturated heterocycles. The van der Waals surface area contributed by atoms with Crippen molar-refractivity contribution in [1.82, 2.24) is 9.55 Å². The molecule has 2 atom stereocenters. The number of nitriles is 1. The zero-order valence-electron chi connectivity index (χ0n) is 14.9. The minimum absolute atomic E-state index is 0.258. The molecule has 1 aliphatic heterocycles. The molecule has 0 amide bonds. The molecule has 2 aromatic carbocycles. The number of hydrogen-bond acceptors (Lipinski definition) is 4. The zero-order chi connectivity index (χ0) is 19.8. The molecule has 1 aromatic heterocycles. The largest absolute Gasteiger partial charge is 0.340 e. The second-order valence-corrected chi connectivity index (χ2v) is 6.98. The van der Waals surface area contributed by atoms with Crippen LogP contribution in [0.25, 0.3) is 11.0 Å². The first-order valence-electron chi connectivity index (χ1n) is 8.95. The van der Waals surface area contributed by atoms with Crippen LogP contribution in [0.4, 0.5) is 19.1 Å². The Balaban J connectivity index is 1.81. The van der Waals surface area contributed by atoms with Gasteiger partial charge in [-0.2, -0.15) is 5.26 Å². The molecule has 0 bridgehead atoms. The van der Waals surface area contributed by atoms with Gasteiger partial charge in [-0.15, -0.1) is 0 Å². The van der Waals surface area contributed by atoms with Crippen LogP contribution in [0.15, 0.2) is 36.4 Å². The van der Waals surface area contributed by atoms with Crippen LogP contribution in [0.3, 0.4) is 0 Å². The van der Waals surface area contributed by atoms with Crippen molar-refractivity contribution in [2.45, 2.75) is 25.2 Å². The molecule has 8 heteroatoms. The van der Waals surface area contributed by atoms with Gasteiger partial charge in [0.25, 0.3) is 0 Å². The molecule has 4 rings (SSSR count). The van der Waals surface area contributed by atoms with Crippen LogP contribution in [0, 0.1) is 23.0 Å². The van der Waals surface area contributed by atoms with Crippen LogP contribution < -0.4 is 10.6 Å². The van der Waals surface area contributed by atoms with Gasteiger partial charge < -0.3 is 15.2 Å². The number of rotatable bonds is 3. The average Bonchev–Trinajstić information content (AvgIpc) is 3.02. The Morgan fingerprint density at radius 3 is 2.75 bits per heavy atom. The maximum Gasteiger partial charge on any atom is 0.206 e. The maximum absolute atomic E-state index is 13.9. The van der Waals surface area contributed by atoms with Gasteiger partial charge in [0.05, 0.1) is 35.3 Å². The summed E-state index contributed by atoms with van der Waals surface area (Å²) in [6.45, 7) is 0.965. The number of nitrogens with zero attached hydrogens (tertiary/aromatic N) is 4. The lowest BCUT2D eigenvalue weighted by Crippen LogP contribution is -2.50.